The standard InChI is InChI=1S/C25H25ClN4O2/c1-30-22-11-15(3-5-17(22)12-23(30)31)14-2-4-16(21(26)10-14)8-20(13-27)29-25(32)24-18-6-7-19(9-18)28-24/h2-5,10-11,18-20,24,28H,6-9,12H2,1H3,(H,29,32). The molecule has 6 nitrogen and oxygen atoms in total. The fraction of sp³-hybridized carbons (Fsp3) is 0.400. The molecule has 2 N–H and O–H groups in total. The molecule has 2 aliphatic heterocycles. The van der Waals surface area contributed by atoms with Crippen molar-refractivity contribution in [2.75, 3.05) is 11.9 Å². The number of carbonyl (C=O) groups excluding carboxylic acids is 2. The van der Waals surface area contributed by atoms with Gasteiger partial charge in [0.1, 0.15) is 6.04 Å². The molecular formula is C25H25ClN4O2. The van der Waals surface area contributed by atoms with Crippen molar-refractivity contribution in [1.29, 1.82) is 5.26 Å². The van der Waals surface area contributed by atoms with Crippen molar-refractivity contribution in [3.05, 3.63) is 52.5 Å². The summed E-state index contributed by atoms with van der Waals surface area (Å²) < 4.78 is 0. The van der Waals surface area contributed by atoms with Crippen molar-refractivity contribution < 1.29 is 9.59 Å². The molecule has 0 spiro atoms. The first kappa shape index (κ1) is 21.0. The van der Waals surface area contributed by atoms with Crippen LogP contribution >= 0.6 is 11.6 Å². The van der Waals surface area contributed by atoms with E-state index in [9.17, 15) is 14.9 Å². The molecule has 4 unspecified atom stereocenters. The van der Waals surface area contributed by atoms with Gasteiger partial charge in [0.25, 0.3) is 0 Å². The van der Waals surface area contributed by atoms with Gasteiger partial charge < -0.3 is 15.5 Å². The number of nitrogens with one attached hydrogen (secondary N) is 2. The van der Waals surface area contributed by atoms with Crippen LogP contribution in [0.5, 0.6) is 0 Å². The zero-order valence-electron chi connectivity index (χ0n) is 17.9. The molecule has 2 fully saturated rings. The number of carbonyl (C=O) groups is 2. The van der Waals surface area contributed by atoms with Crippen LogP contribution in [0.15, 0.2) is 36.4 Å². The van der Waals surface area contributed by atoms with E-state index in [2.05, 4.69) is 16.7 Å². The van der Waals surface area contributed by atoms with E-state index in [4.69, 9.17) is 11.6 Å². The number of fused-ring (bicyclic) bond motifs is 3. The number of halogens is 1. The lowest BCUT2D eigenvalue weighted by molar-refractivity contribution is -0.124. The third kappa shape index (κ3) is 3.76. The number of hydrogen-bond donors (Lipinski definition) is 2. The minimum Gasteiger partial charge on any atom is -0.339 e. The molecule has 3 aliphatic rings. The van der Waals surface area contributed by atoms with Gasteiger partial charge in [0.2, 0.25) is 11.8 Å². The van der Waals surface area contributed by atoms with Crippen LogP contribution in [0.1, 0.15) is 30.4 Å². The minimum atomic E-state index is -0.633. The Morgan fingerprint density at radius 3 is 2.75 bits per heavy atom. The average molecular weight is 449 g/mol. The Morgan fingerprint density at radius 2 is 2.06 bits per heavy atom. The highest BCUT2D eigenvalue weighted by Crippen LogP contribution is 2.36. The summed E-state index contributed by atoms with van der Waals surface area (Å²) in [6, 6.07) is 13.6. The third-order valence-corrected chi connectivity index (χ3v) is 7.44. The van der Waals surface area contributed by atoms with E-state index in [1.54, 1.807) is 11.9 Å². The van der Waals surface area contributed by atoms with E-state index in [1.807, 2.05) is 36.4 Å². The van der Waals surface area contributed by atoms with Crippen LogP contribution in [0.2, 0.25) is 5.02 Å². The van der Waals surface area contributed by atoms with Gasteiger partial charge in [0.15, 0.2) is 0 Å². The zero-order valence-corrected chi connectivity index (χ0v) is 18.7. The Labute approximate surface area is 192 Å². The summed E-state index contributed by atoms with van der Waals surface area (Å²) in [4.78, 5) is 26.3. The van der Waals surface area contributed by atoms with E-state index in [-0.39, 0.29) is 17.9 Å². The number of benzene rings is 2. The Bertz CT molecular complexity index is 1140. The number of nitrogens with zero attached hydrogens (tertiary/aromatic N) is 2. The van der Waals surface area contributed by atoms with Crippen LogP contribution in [0.25, 0.3) is 11.1 Å². The zero-order chi connectivity index (χ0) is 22.4. The molecule has 32 heavy (non-hydrogen) atoms. The molecule has 2 aromatic rings. The molecular weight excluding hydrogens is 424 g/mol. The predicted octanol–water partition coefficient (Wildman–Crippen LogP) is 3.22. The quantitative estimate of drug-likeness (QED) is 0.735. The van der Waals surface area contributed by atoms with E-state index < -0.39 is 6.04 Å². The molecule has 164 valence electrons. The van der Waals surface area contributed by atoms with E-state index >= 15 is 0 Å². The van der Waals surface area contributed by atoms with Crippen LogP contribution in [0, 0.1) is 17.2 Å². The highest BCUT2D eigenvalue weighted by molar-refractivity contribution is 6.31. The largest absolute Gasteiger partial charge is 0.339 e. The highest BCUT2D eigenvalue weighted by atomic mass is 35.5. The third-order valence-electron chi connectivity index (χ3n) is 7.09. The Balaban J connectivity index is 1.29. The lowest BCUT2D eigenvalue weighted by Gasteiger charge is -2.23. The van der Waals surface area contributed by atoms with Gasteiger partial charge in [0, 0.05) is 30.2 Å². The number of piperidine rings is 1. The van der Waals surface area contributed by atoms with Crippen molar-refractivity contribution in [3.63, 3.8) is 0 Å². The van der Waals surface area contributed by atoms with Gasteiger partial charge in [-0.3, -0.25) is 9.59 Å². The van der Waals surface area contributed by atoms with Crippen molar-refractivity contribution in [2.24, 2.45) is 5.92 Å². The first-order valence-electron chi connectivity index (χ1n) is 11.1. The van der Waals surface area contributed by atoms with Gasteiger partial charge in [-0.1, -0.05) is 35.9 Å². The van der Waals surface area contributed by atoms with E-state index in [0.29, 0.717) is 29.8 Å². The fourth-order valence-corrected chi connectivity index (χ4v) is 5.53. The maximum atomic E-state index is 12.7. The summed E-state index contributed by atoms with van der Waals surface area (Å²) >= 11 is 6.57. The maximum absolute atomic E-state index is 12.7. The van der Waals surface area contributed by atoms with Crippen LogP contribution < -0.4 is 15.5 Å². The molecule has 4 atom stereocenters. The second-order valence-corrected chi connectivity index (χ2v) is 9.50. The molecule has 7 heteroatoms. The Hall–Kier alpha value is -2.88. The second-order valence-electron chi connectivity index (χ2n) is 9.09. The van der Waals surface area contributed by atoms with E-state index in [1.165, 1.54) is 0 Å². The summed E-state index contributed by atoms with van der Waals surface area (Å²) in [6.07, 6.45) is 4.05. The van der Waals surface area contributed by atoms with Crippen LogP contribution in [-0.2, 0) is 22.4 Å². The van der Waals surface area contributed by atoms with Gasteiger partial charge in [-0.05, 0) is 59.6 Å². The minimum absolute atomic E-state index is 0.0895. The first-order chi connectivity index (χ1) is 15.4. The van der Waals surface area contributed by atoms with Gasteiger partial charge >= 0.3 is 0 Å². The molecule has 2 bridgehead atoms. The monoisotopic (exact) mass is 448 g/mol. The molecule has 0 aromatic heterocycles. The SMILES string of the molecule is CN1C(=O)Cc2ccc(-c3ccc(CC(C#N)NC(=O)C4NC5CCC4C5)c(Cl)c3)cc21. The van der Waals surface area contributed by atoms with Crippen LogP contribution in [-0.4, -0.2) is 37.0 Å². The summed E-state index contributed by atoms with van der Waals surface area (Å²) in [5.41, 5.74) is 4.69. The summed E-state index contributed by atoms with van der Waals surface area (Å²) in [5, 5.41) is 16.4. The molecule has 2 aromatic carbocycles. The van der Waals surface area contributed by atoms with Crippen LogP contribution in [0.4, 0.5) is 5.69 Å². The van der Waals surface area contributed by atoms with Gasteiger partial charge in [-0.15, -0.1) is 0 Å². The highest BCUT2D eigenvalue weighted by Gasteiger charge is 2.43. The summed E-state index contributed by atoms with van der Waals surface area (Å²) in [5.74, 6) is 0.382. The Morgan fingerprint density at radius 1 is 1.28 bits per heavy atom. The molecule has 2 heterocycles. The van der Waals surface area contributed by atoms with Crippen molar-refractivity contribution in [1.82, 2.24) is 10.6 Å². The number of hydrogen-bond acceptors (Lipinski definition) is 4. The lowest BCUT2D eigenvalue weighted by Crippen LogP contribution is -2.50. The summed E-state index contributed by atoms with van der Waals surface area (Å²) in [6.45, 7) is 0. The smallest absolute Gasteiger partial charge is 0.238 e. The molecule has 1 saturated carbocycles. The van der Waals surface area contributed by atoms with Crippen LogP contribution in [0.3, 0.4) is 0 Å². The molecule has 1 saturated heterocycles. The van der Waals surface area contributed by atoms with Crippen molar-refractivity contribution >= 4 is 29.1 Å². The average Bonchev–Trinajstić information content (AvgIpc) is 3.50. The topological polar surface area (TPSA) is 85.2 Å². The molecule has 2 amide bonds. The fourth-order valence-electron chi connectivity index (χ4n) is 5.27. The molecule has 0 radical (unpaired) electrons. The van der Waals surface area contributed by atoms with E-state index in [0.717, 1.165) is 47.2 Å². The molecule has 1 aliphatic carbocycles. The number of rotatable bonds is 5. The van der Waals surface area contributed by atoms with Gasteiger partial charge in [-0.25, -0.2) is 0 Å². The number of amides is 2. The maximum Gasteiger partial charge on any atom is 0.238 e. The number of nitriles is 1. The van der Waals surface area contributed by atoms with Crippen molar-refractivity contribution in [2.45, 2.75) is 50.2 Å². The Kier molecular flexibility index (Phi) is 5.40. The number of likely N-dealkylation sites (N-methyl/N-ethyl adjacent to an activating group) is 1. The normalized spacial score (nSPS) is 24.3. The van der Waals surface area contributed by atoms with Gasteiger partial charge in [-0.2, -0.15) is 5.26 Å². The van der Waals surface area contributed by atoms with Crippen molar-refractivity contribution in [3.8, 4) is 17.2 Å². The lowest BCUT2D eigenvalue weighted by atomic mass is 9.97. The summed E-state index contributed by atoms with van der Waals surface area (Å²) in [7, 11) is 1.79. The number of anilines is 1. The first-order valence-corrected chi connectivity index (χ1v) is 11.4. The predicted molar refractivity (Wildman–Crippen MR) is 123 cm³/mol. The van der Waals surface area contributed by atoms with Gasteiger partial charge in [0.05, 0.1) is 18.5 Å². The second kappa shape index (κ2) is 8.23. The molecule has 5 rings (SSSR count).